The van der Waals surface area contributed by atoms with Crippen molar-refractivity contribution in [3.63, 3.8) is 0 Å². The van der Waals surface area contributed by atoms with Gasteiger partial charge in [-0.15, -0.1) is 6.58 Å². The van der Waals surface area contributed by atoms with Crippen molar-refractivity contribution in [1.29, 1.82) is 0 Å². The Morgan fingerprint density at radius 1 is 1.32 bits per heavy atom. The van der Waals surface area contributed by atoms with Gasteiger partial charge in [-0.3, -0.25) is 4.79 Å². The van der Waals surface area contributed by atoms with Crippen molar-refractivity contribution in [3.05, 3.63) is 42.5 Å². The highest BCUT2D eigenvalue weighted by Gasteiger charge is 2.30. The molecule has 1 rings (SSSR count). The van der Waals surface area contributed by atoms with Crippen LogP contribution in [-0.2, 0) is 11.0 Å². The van der Waals surface area contributed by atoms with Gasteiger partial charge in [-0.25, -0.2) is 0 Å². The largest absolute Gasteiger partial charge is 0.481 e. The van der Waals surface area contributed by atoms with Crippen LogP contribution in [-0.4, -0.2) is 24.2 Å². The number of anilines is 1. The van der Waals surface area contributed by atoms with Crippen molar-refractivity contribution in [2.45, 2.75) is 12.6 Å². The summed E-state index contributed by atoms with van der Waals surface area (Å²) in [6.07, 6.45) is -2.89. The first-order valence-electron chi connectivity index (χ1n) is 5.59. The summed E-state index contributed by atoms with van der Waals surface area (Å²) in [5.41, 5.74) is -0.192. The number of rotatable bonds is 6. The van der Waals surface area contributed by atoms with Gasteiger partial charge < -0.3 is 10.0 Å². The molecule has 0 heterocycles. The highest BCUT2D eigenvalue weighted by molar-refractivity contribution is 5.67. The van der Waals surface area contributed by atoms with Gasteiger partial charge in [0.05, 0.1) is 12.0 Å². The molecule has 6 heteroatoms. The zero-order valence-corrected chi connectivity index (χ0v) is 10.2. The number of nitrogens with zero attached hydrogens (tertiary/aromatic N) is 1. The standard InChI is InChI=1S/C13H14F3NO2/c1-2-8-17(9-7-12(18)19)11-5-3-10(4-6-11)13(14,15)16/h2-6H,1,7-9H2,(H,18,19). The SMILES string of the molecule is C=CCN(CCC(=O)O)c1ccc(C(F)(F)F)cc1. The summed E-state index contributed by atoms with van der Waals surface area (Å²) in [4.78, 5) is 12.2. The van der Waals surface area contributed by atoms with Gasteiger partial charge in [-0.1, -0.05) is 6.08 Å². The maximum Gasteiger partial charge on any atom is 0.416 e. The van der Waals surface area contributed by atoms with E-state index in [2.05, 4.69) is 6.58 Å². The summed E-state index contributed by atoms with van der Waals surface area (Å²) in [5, 5.41) is 8.63. The fraction of sp³-hybridized carbons (Fsp3) is 0.308. The lowest BCUT2D eigenvalue weighted by atomic mass is 10.2. The minimum atomic E-state index is -4.37. The molecule has 0 saturated carbocycles. The van der Waals surface area contributed by atoms with Gasteiger partial charge in [-0.05, 0) is 24.3 Å². The Labute approximate surface area is 109 Å². The first-order chi connectivity index (χ1) is 8.84. The molecular weight excluding hydrogens is 259 g/mol. The Hall–Kier alpha value is -1.98. The Morgan fingerprint density at radius 3 is 2.32 bits per heavy atom. The third-order valence-corrected chi connectivity index (χ3v) is 2.50. The van der Waals surface area contributed by atoms with Crippen LogP contribution >= 0.6 is 0 Å². The number of halogens is 3. The van der Waals surface area contributed by atoms with E-state index in [0.29, 0.717) is 12.2 Å². The van der Waals surface area contributed by atoms with Crippen LogP contribution in [0.1, 0.15) is 12.0 Å². The molecule has 0 unspecified atom stereocenters. The first kappa shape index (κ1) is 15.1. The van der Waals surface area contributed by atoms with Crippen molar-refractivity contribution in [2.75, 3.05) is 18.0 Å². The molecule has 0 aliphatic heterocycles. The molecule has 0 aromatic heterocycles. The molecular formula is C13H14F3NO2. The molecule has 0 spiro atoms. The molecule has 0 atom stereocenters. The minimum Gasteiger partial charge on any atom is -0.481 e. The zero-order chi connectivity index (χ0) is 14.5. The Morgan fingerprint density at radius 2 is 1.89 bits per heavy atom. The van der Waals surface area contributed by atoms with Crippen molar-refractivity contribution in [3.8, 4) is 0 Å². The molecule has 1 N–H and O–H groups in total. The third-order valence-electron chi connectivity index (χ3n) is 2.50. The van der Waals surface area contributed by atoms with E-state index in [0.717, 1.165) is 12.1 Å². The predicted molar refractivity (Wildman–Crippen MR) is 66.1 cm³/mol. The van der Waals surface area contributed by atoms with Gasteiger partial charge >= 0.3 is 12.1 Å². The molecule has 0 fully saturated rings. The van der Waals surface area contributed by atoms with E-state index in [1.807, 2.05) is 0 Å². The monoisotopic (exact) mass is 273 g/mol. The number of carboxylic acids is 1. The second kappa shape index (κ2) is 6.26. The average Bonchev–Trinajstić information content (AvgIpc) is 2.33. The van der Waals surface area contributed by atoms with Gasteiger partial charge in [0.15, 0.2) is 0 Å². The number of benzene rings is 1. The molecule has 0 aliphatic carbocycles. The third kappa shape index (κ3) is 4.65. The Balaban J connectivity index is 2.84. The van der Waals surface area contributed by atoms with E-state index in [-0.39, 0.29) is 13.0 Å². The number of carboxylic acid groups (broad SMARTS) is 1. The molecule has 19 heavy (non-hydrogen) atoms. The second-order valence-electron chi connectivity index (χ2n) is 3.92. The maximum atomic E-state index is 12.4. The number of alkyl halides is 3. The van der Waals surface area contributed by atoms with Gasteiger partial charge in [0.1, 0.15) is 0 Å². The summed E-state index contributed by atoms with van der Waals surface area (Å²) in [6.45, 7) is 4.13. The van der Waals surface area contributed by atoms with Gasteiger partial charge in [-0.2, -0.15) is 13.2 Å². The van der Waals surface area contributed by atoms with E-state index >= 15 is 0 Å². The van der Waals surface area contributed by atoms with Crippen LogP contribution in [0, 0.1) is 0 Å². The van der Waals surface area contributed by atoms with Crippen molar-refractivity contribution >= 4 is 11.7 Å². The number of aliphatic carboxylic acids is 1. The van der Waals surface area contributed by atoms with Crippen LogP contribution in [0.25, 0.3) is 0 Å². The summed E-state index contributed by atoms with van der Waals surface area (Å²) >= 11 is 0. The molecule has 104 valence electrons. The van der Waals surface area contributed by atoms with Crippen LogP contribution in [0.5, 0.6) is 0 Å². The highest BCUT2D eigenvalue weighted by Crippen LogP contribution is 2.30. The summed E-state index contributed by atoms with van der Waals surface area (Å²) in [7, 11) is 0. The second-order valence-corrected chi connectivity index (χ2v) is 3.92. The lowest BCUT2D eigenvalue weighted by molar-refractivity contribution is -0.138. The minimum absolute atomic E-state index is 0.0884. The number of hydrogen-bond acceptors (Lipinski definition) is 2. The van der Waals surface area contributed by atoms with E-state index in [9.17, 15) is 18.0 Å². The highest BCUT2D eigenvalue weighted by atomic mass is 19.4. The molecule has 0 saturated heterocycles. The van der Waals surface area contributed by atoms with Gasteiger partial charge in [0.25, 0.3) is 0 Å². The van der Waals surface area contributed by atoms with Crippen LogP contribution in [0.2, 0.25) is 0 Å². The van der Waals surface area contributed by atoms with E-state index in [1.54, 1.807) is 11.0 Å². The molecule has 1 aromatic carbocycles. The summed E-state index contributed by atoms with van der Waals surface area (Å²) in [6, 6.07) is 4.61. The topological polar surface area (TPSA) is 40.5 Å². The zero-order valence-electron chi connectivity index (χ0n) is 10.2. The lowest BCUT2D eigenvalue weighted by Crippen LogP contribution is -2.26. The first-order valence-corrected chi connectivity index (χ1v) is 5.59. The fourth-order valence-electron chi connectivity index (χ4n) is 1.57. The summed E-state index contributed by atoms with van der Waals surface area (Å²) in [5.74, 6) is -0.957. The normalized spacial score (nSPS) is 11.1. The smallest absolute Gasteiger partial charge is 0.416 e. The quantitative estimate of drug-likeness (QED) is 0.809. The molecule has 0 radical (unpaired) electrons. The van der Waals surface area contributed by atoms with Crippen LogP contribution in [0.4, 0.5) is 18.9 Å². The van der Waals surface area contributed by atoms with Gasteiger partial charge in [0, 0.05) is 18.8 Å². The van der Waals surface area contributed by atoms with E-state index in [1.165, 1.54) is 12.1 Å². The van der Waals surface area contributed by atoms with E-state index < -0.39 is 17.7 Å². The fourth-order valence-corrected chi connectivity index (χ4v) is 1.57. The molecule has 1 aromatic rings. The summed E-state index contributed by atoms with van der Waals surface area (Å²) < 4.78 is 37.2. The Bertz CT molecular complexity index is 440. The van der Waals surface area contributed by atoms with Crippen molar-refractivity contribution in [1.82, 2.24) is 0 Å². The molecule has 0 aliphatic rings. The average molecular weight is 273 g/mol. The maximum absolute atomic E-state index is 12.4. The molecule has 3 nitrogen and oxygen atoms in total. The van der Waals surface area contributed by atoms with Crippen LogP contribution in [0.3, 0.4) is 0 Å². The Kier molecular flexibility index (Phi) is 4.97. The number of hydrogen-bond donors (Lipinski definition) is 1. The van der Waals surface area contributed by atoms with Crippen molar-refractivity contribution in [2.24, 2.45) is 0 Å². The predicted octanol–water partition coefficient (Wildman–Crippen LogP) is 3.17. The molecule has 0 bridgehead atoms. The number of carbonyl (C=O) groups is 1. The van der Waals surface area contributed by atoms with Crippen molar-refractivity contribution < 1.29 is 23.1 Å². The van der Waals surface area contributed by atoms with E-state index in [4.69, 9.17) is 5.11 Å². The molecule has 0 amide bonds. The lowest BCUT2D eigenvalue weighted by Gasteiger charge is -2.23. The van der Waals surface area contributed by atoms with Crippen LogP contribution < -0.4 is 4.90 Å². The van der Waals surface area contributed by atoms with Crippen LogP contribution in [0.15, 0.2) is 36.9 Å². The van der Waals surface area contributed by atoms with Gasteiger partial charge in [0.2, 0.25) is 0 Å².